The van der Waals surface area contributed by atoms with E-state index in [1.807, 2.05) is 0 Å². The van der Waals surface area contributed by atoms with E-state index in [0.717, 1.165) is 12.1 Å². The Morgan fingerprint density at radius 3 is 2.08 bits per heavy atom. The van der Waals surface area contributed by atoms with E-state index < -0.39 is 23.9 Å². The normalized spacial score (nSPS) is 18.2. The van der Waals surface area contributed by atoms with E-state index in [9.17, 15) is 31.1 Å². The van der Waals surface area contributed by atoms with Crippen molar-refractivity contribution < 1.29 is 45.8 Å². The zero-order valence-corrected chi connectivity index (χ0v) is 12.5. The van der Waals surface area contributed by atoms with Crippen LogP contribution in [0, 0.1) is 0 Å². The minimum absolute atomic E-state index is 0.307. The van der Waals surface area contributed by atoms with Gasteiger partial charge in [0.05, 0.1) is 24.8 Å². The van der Waals surface area contributed by atoms with Crippen LogP contribution in [-0.4, -0.2) is 48.3 Å². The smallest absolute Gasteiger partial charge is 0.475 e. The Morgan fingerprint density at radius 2 is 1.68 bits per heavy atom. The maximum Gasteiger partial charge on any atom is 0.490 e. The number of aliphatic carboxylic acids is 1. The molecular formula is C14H13F6NO4. The molecule has 5 nitrogen and oxygen atoms in total. The van der Waals surface area contributed by atoms with Crippen LogP contribution < -0.4 is 0 Å². The van der Waals surface area contributed by atoms with Crippen molar-refractivity contribution in [3.63, 3.8) is 0 Å². The molecule has 1 amide bonds. The van der Waals surface area contributed by atoms with Gasteiger partial charge in [0.1, 0.15) is 0 Å². The standard InChI is InChI=1S/C12H12F3NO2.C2HF3O2/c13-12(14,15)10-3-1-9(2-4-10)11-7-18-6-5-16(11)8-17;3-2(4,5)1(6)7/h1-4,8,11H,5-7H2;(H,6,7). The summed E-state index contributed by atoms with van der Waals surface area (Å²) in [5, 5.41) is 7.12. The zero-order chi connectivity index (χ0) is 19.3. The first kappa shape index (κ1) is 20.7. The van der Waals surface area contributed by atoms with E-state index in [1.54, 1.807) is 0 Å². The molecule has 2 rings (SSSR count). The molecule has 0 aromatic heterocycles. The molecule has 1 saturated heterocycles. The van der Waals surface area contributed by atoms with Crippen LogP contribution in [0.25, 0.3) is 0 Å². The third kappa shape index (κ3) is 6.25. The van der Waals surface area contributed by atoms with Crippen LogP contribution in [0.3, 0.4) is 0 Å². The van der Waals surface area contributed by atoms with Crippen LogP contribution in [0.15, 0.2) is 24.3 Å². The molecule has 11 heteroatoms. The van der Waals surface area contributed by atoms with E-state index in [4.69, 9.17) is 14.6 Å². The highest BCUT2D eigenvalue weighted by Gasteiger charge is 2.38. The van der Waals surface area contributed by atoms with Crippen molar-refractivity contribution in [2.24, 2.45) is 0 Å². The molecule has 0 radical (unpaired) electrons. The van der Waals surface area contributed by atoms with Crippen molar-refractivity contribution in [1.29, 1.82) is 0 Å². The van der Waals surface area contributed by atoms with Crippen LogP contribution in [0.5, 0.6) is 0 Å². The number of ether oxygens (including phenoxy) is 1. The molecule has 1 unspecified atom stereocenters. The summed E-state index contributed by atoms with van der Waals surface area (Å²) in [6, 6.07) is 4.51. The van der Waals surface area contributed by atoms with E-state index in [-0.39, 0.29) is 6.04 Å². The number of hydrogen-bond donors (Lipinski definition) is 1. The topological polar surface area (TPSA) is 66.8 Å². The molecule has 140 valence electrons. The number of alkyl halides is 6. The van der Waals surface area contributed by atoms with Crippen molar-refractivity contribution >= 4 is 12.4 Å². The second-order valence-corrected chi connectivity index (χ2v) is 4.86. The number of nitrogens with zero attached hydrogens (tertiary/aromatic N) is 1. The van der Waals surface area contributed by atoms with Crippen LogP contribution in [-0.2, 0) is 20.5 Å². The Morgan fingerprint density at radius 1 is 1.16 bits per heavy atom. The average molecular weight is 373 g/mol. The average Bonchev–Trinajstić information content (AvgIpc) is 2.54. The number of rotatable bonds is 2. The van der Waals surface area contributed by atoms with Crippen LogP contribution in [0.1, 0.15) is 17.2 Å². The number of carboxylic acid groups (broad SMARTS) is 1. The van der Waals surface area contributed by atoms with Gasteiger partial charge in [-0.2, -0.15) is 26.3 Å². The van der Waals surface area contributed by atoms with Crippen molar-refractivity contribution in [3.8, 4) is 0 Å². The second kappa shape index (κ2) is 8.19. The minimum atomic E-state index is -5.08. The van der Waals surface area contributed by atoms with Crippen LogP contribution in [0.2, 0.25) is 0 Å². The van der Waals surface area contributed by atoms with E-state index >= 15 is 0 Å². The summed E-state index contributed by atoms with van der Waals surface area (Å²) in [5.74, 6) is -2.76. The fourth-order valence-corrected chi connectivity index (χ4v) is 1.92. The van der Waals surface area contributed by atoms with E-state index in [1.165, 1.54) is 17.0 Å². The number of amides is 1. The molecule has 1 fully saturated rings. The summed E-state index contributed by atoms with van der Waals surface area (Å²) in [4.78, 5) is 21.3. The van der Waals surface area contributed by atoms with Gasteiger partial charge in [-0.1, -0.05) is 12.1 Å². The maximum atomic E-state index is 12.4. The number of morpholine rings is 1. The van der Waals surface area contributed by atoms with Gasteiger partial charge in [-0.15, -0.1) is 0 Å². The molecule has 1 atom stereocenters. The molecule has 1 aliphatic heterocycles. The third-order valence-corrected chi connectivity index (χ3v) is 3.17. The van der Waals surface area contributed by atoms with Gasteiger partial charge >= 0.3 is 18.3 Å². The second-order valence-electron chi connectivity index (χ2n) is 4.86. The molecule has 1 heterocycles. The van der Waals surface area contributed by atoms with Gasteiger partial charge in [-0.05, 0) is 17.7 Å². The number of benzene rings is 1. The Labute approximate surface area is 137 Å². The van der Waals surface area contributed by atoms with Gasteiger partial charge in [0, 0.05) is 6.54 Å². The van der Waals surface area contributed by atoms with Crippen molar-refractivity contribution in [1.82, 2.24) is 4.90 Å². The van der Waals surface area contributed by atoms with Gasteiger partial charge < -0.3 is 14.7 Å². The summed E-state index contributed by atoms with van der Waals surface area (Å²) in [6.07, 6.45) is -8.73. The molecular weight excluding hydrogens is 360 g/mol. The highest BCUT2D eigenvalue weighted by Crippen LogP contribution is 2.31. The fraction of sp³-hybridized carbons (Fsp3) is 0.429. The number of carbonyl (C=O) groups is 2. The van der Waals surface area contributed by atoms with Crippen LogP contribution in [0.4, 0.5) is 26.3 Å². The predicted molar refractivity (Wildman–Crippen MR) is 71.5 cm³/mol. The largest absolute Gasteiger partial charge is 0.490 e. The van der Waals surface area contributed by atoms with Gasteiger partial charge in [-0.25, -0.2) is 4.79 Å². The quantitative estimate of drug-likeness (QED) is 0.640. The number of carboxylic acids is 1. The van der Waals surface area contributed by atoms with Gasteiger partial charge in [-0.3, -0.25) is 4.79 Å². The Balaban J connectivity index is 0.000000381. The Bertz CT molecular complexity index is 584. The Hall–Kier alpha value is -2.30. The summed E-state index contributed by atoms with van der Waals surface area (Å²) in [7, 11) is 0. The van der Waals surface area contributed by atoms with Gasteiger partial charge in [0.2, 0.25) is 6.41 Å². The van der Waals surface area contributed by atoms with Gasteiger partial charge in [0.25, 0.3) is 0 Å². The van der Waals surface area contributed by atoms with Crippen molar-refractivity contribution in [2.75, 3.05) is 19.8 Å². The summed E-state index contributed by atoms with van der Waals surface area (Å²) >= 11 is 0. The first-order valence-electron chi connectivity index (χ1n) is 6.73. The summed E-state index contributed by atoms with van der Waals surface area (Å²) < 4.78 is 74.2. The molecule has 0 aliphatic carbocycles. The molecule has 25 heavy (non-hydrogen) atoms. The number of carbonyl (C=O) groups excluding carboxylic acids is 1. The molecule has 1 aromatic rings. The number of halogens is 6. The molecule has 1 aromatic carbocycles. The van der Waals surface area contributed by atoms with Crippen LogP contribution >= 0.6 is 0 Å². The molecule has 1 aliphatic rings. The SMILES string of the molecule is O=C(O)C(F)(F)F.O=CN1CCOCC1c1ccc(C(F)(F)F)cc1. The number of hydrogen-bond acceptors (Lipinski definition) is 3. The lowest BCUT2D eigenvalue weighted by Gasteiger charge is -2.33. The lowest BCUT2D eigenvalue weighted by Crippen LogP contribution is -2.38. The van der Waals surface area contributed by atoms with Crippen molar-refractivity contribution in [3.05, 3.63) is 35.4 Å². The lowest BCUT2D eigenvalue weighted by atomic mass is 10.0. The van der Waals surface area contributed by atoms with E-state index in [2.05, 4.69) is 0 Å². The summed E-state index contributed by atoms with van der Waals surface area (Å²) in [6.45, 7) is 1.22. The summed E-state index contributed by atoms with van der Waals surface area (Å²) in [5.41, 5.74) is -0.0459. The first-order valence-corrected chi connectivity index (χ1v) is 6.73. The van der Waals surface area contributed by atoms with Crippen molar-refractivity contribution in [2.45, 2.75) is 18.4 Å². The lowest BCUT2D eigenvalue weighted by molar-refractivity contribution is -0.192. The minimum Gasteiger partial charge on any atom is -0.475 e. The highest BCUT2D eigenvalue weighted by molar-refractivity contribution is 5.73. The molecule has 0 bridgehead atoms. The zero-order valence-electron chi connectivity index (χ0n) is 12.5. The fourth-order valence-electron chi connectivity index (χ4n) is 1.92. The molecule has 0 spiro atoms. The third-order valence-electron chi connectivity index (χ3n) is 3.17. The first-order chi connectivity index (χ1) is 11.5. The van der Waals surface area contributed by atoms with E-state index in [0.29, 0.717) is 31.7 Å². The Kier molecular flexibility index (Phi) is 6.79. The molecule has 0 saturated carbocycles. The maximum absolute atomic E-state index is 12.4. The highest BCUT2D eigenvalue weighted by atomic mass is 19.4. The monoisotopic (exact) mass is 373 g/mol. The molecule has 1 N–H and O–H groups in total. The predicted octanol–water partition coefficient (Wildman–Crippen LogP) is 2.87. The van der Waals surface area contributed by atoms with Gasteiger partial charge in [0.15, 0.2) is 0 Å².